The van der Waals surface area contributed by atoms with Crippen LogP contribution in [-0.4, -0.2) is 35.0 Å². The van der Waals surface area contributed by atoms with Crippen molar-refractivity contribution in [2.75, 3.05) is 18.4 Å². The Balaban J connectivity index is 1.44. The van der Waals surface area contributed by atoms with Crippen molar-refractivity contribution < 1.29 is 4.79 Å². The van der Waals surface area contributed by atoms with Gasteiger partial charge in [-0.25, -0.2) is 4.79 Å². The Hall–Kier alpha value is -1.85. The summed E-state index contributed by atoms with van der Waals surface area (Å²) in [5.41, 5.74) is 3.40. The topological polar surface area (TPSA) is 35.6 Å². The van der Waals surface area contributed by atoms with Gasteiger partial charge in [0.05, 0.1) is 0 Å². The number of amides is 2. The molecule has 0 radical (unpaired) electrons. The molecule has 2 aliphatic rings. The number of rotatable bonds is 6. The van der Waals surface area contributed by atoms with Gasteiger partial charge >= 0.3 is 6.03 Å². The van der Waals surface area contributed by atoms with Gasteiger partial charge in [-0.1, -0.05) is 24.6 Å². The largest absolute Gasteiger partial charge is 0.322 e. The number of nitrogens with one attached hydrogen (secondary N) is 1. The molecule has 4 rings (SSSR count). The van der Waals surface area contributed by atoms with Crippen molar-refractivity contribution in [1.29, 1.82) is 0 Å². The van der Waals surface area contributed by atoms with Gasteiger partial charge in [-0.05, 0) is 72.8 Å². The Morgan fingerprint density at radius 1 is 1.15 bits per heavy atom. The van der Waals surface area contributed by atoms with Gasteiger partial charge in [0.15, 0.2) is 0 Å². The van der Waals surface area contributed by atoms with E-state index in [1.807, 2.05) is 17.0 Å². The molecule has 5 heteroatoms. The molecule has 0 unspecified atom stereocenters. The second-order valence-electron chi connectivity index (χ2n) is 7.41. The second-order valence-corrected chi connectivity index (χ2v) is 8.19. The molecular formula is C21H27N3OS. The predicted molar refractivity (Wildman–Crippen MR) is 107 cm³/mol. The van der Waals surface area contributed by atoms with Crippen LogP contribution in [-0.2, 0) is 13.1 Å². The molecule has 1 aromatic carbocycles. The van der Waals surface area contributed by atoms with E-state index in [-0.39, 0.29) is 6.03 Å². The monoisotopic (exact) mass is 369 g/mol. The molecule has 2 amide bonds. The first-order valence-electron chi connectivity index (χ1n) is 9.68. The number of benzene rings is 1. The molecule has 0 bridgehead atoms. The molecule has 4 nitrogen and oxygen atoms in total. The molecule has 138 valence electrons. The Bertz CT molecular complexity index is 721. The summed E-state index contributed by atoms with van der Waals surface area (Å²) in [6, 6.07) is 10.8. The maximum Gasteiger partial charge on any atom is 0.322 e. The minimum Gasteiger partial charge on any atom is -0.317 e. The molecule has 1 aliphatic heterocycles. The van der Waals surface area contributed by atoms with E-state index in [4.69, 9.17) is 0 Å². The van der Waals surface area contributed by atoms with Crippen LogP contribution < -0.4 is 5.32 Å². The van der Waals surface area contributed by atoms with E-state index in [0.717, 1.165) is 38.2 Å². The van der Waals surface area contributed by atoms with E-state index in [2.05, 4.69) is 39.2 Å². The fraction of sp³-hybridized carbons (Fsp3) is 0.476. The number of hydrogen-bond donors (Lipinski definition) is 1. The molecule has 0 atom stereocenters. The maximum atomic E-state index is 13.0. The van der Waals surface area contributed by atoms with Gasteiger partial charge in [0.1, 0.15) is 0 Å². The number of urea groups is 1. The minimum atomic E-state index is 0.0322. The first-order chi connectivity index (χ1) is 12.8. The van der Waals surface area contributed by atoms with Gasteiger partial charge in [0, 0.05) is 24.8 Å². The van der Waals surface area contributed by atoms with Crippen LogP contribution in [0, 0.1) is 0 Å². The minimum absolute atomic E-state index is 0.0322. The van der Waals surface area contributed by atoms with Gasteiger partial charge in [-0.2, -0.15) is 11.3 Å². The molecule has 1 saturated carbocycles. The standard InChI is InChI=1S/C21H27N3OS/c25-21(24(19-8-9-19)14-17-10-13-26-16-17)22-20-7-3-2-6-18(20)15-23-11-4-1-5-12-23/h2-3,6-7,10,13,16,19H,1,4-5,8-9,11-12,14-15H2,(H,22,25). The third kappa shape index (κ3) is 4.46. The fourth-order valence-corrected chi connectivity index (χ4v) is 4.32. The summed E-state index contributed by atoms with van der Waals surface area (Å²) in [6.45, 7) is 3.95. The van der Waals surface area contributed by atoms with Crippen molar-refractivity contribution >= 4 is 23.1 Å². The summed E-state index contributed by atoms with van der Waals surface area (Å²) in [7, 11) is 0. The summed E-state index contributed by atoms with van der Waals surface area (Å²) in [5.74, 6) is 0. The highest BCUT2D eigenvalue weighted by Crippen LogP contribution is 2.30. The third-order valence-corrected chi connectivity index (χ3v) is 6.02. The molecule has 2 heterocycles. The van der Waals surface area contributed by atoms with Gasteiger partial charge in [-0.3, -0.25) is 4.90 Å². The molecule has 2 fully saturated rings. The molecule has 26 heavy (non-hydrogen) atoms. The van der Waals surface area contributed by atoms with Crippen molar-refractivity contribution in [1.82, 2.24) is 9.80 Å². The number of nitrogens with zero attached hydrogens (tertiary/aromatic N) is 2. The second kappa shape index (κ2) is 8.23. The average Bonchev–Trinajstić information content (AvgIpc) is 3.37. The van der Waals surface area contributed by atoms with Crippen LogP contribution in [0.4, 0.5) is 10.5 Å². The van der Waals surface area contributed by atoms with E-state index >= 15 is 0 Å². The lowest BCUT2D eigenvalue weighted by Crippen LogP contribution is -2.36. The van der Waals surface area contributed by atoms with Crippen LogP contribution in [0.25, 0.3) is 0 Å². The van der Waals surface area contributed by atoms with E-state index in [9.17, 15) is 4.79 Å². The van der Waals surface area contributed by atoms with Gasteiger partial charge in [0.25, 0.3) is 0 Å². The Morgan fingerprint density at radius 3 is 2.69 bits per heavy atom. The number of piperidine rings is 1. The summed E-state index contributed by atoms with van der Waals surface area (Å²) < 4.78 is 0. The van der Waals surface area contributed by atoms with Gasteiger partial charge < -0.3 is 10.2 Å². The van der Waals surface area contributed by atoms with E-state index < -0.39 is 0 Å². The van der Waals surface area contributed by atoms with E-state index in [0.29, 0.717) is 12.6 Å². The number of likely N-dealkylation sites (tertiary alicyclic amines) is 1. The van der Waals surface area contributed by atoms with Crippen molar-refractivity contribution in [3.05, 3.63) is 52.2 Å². The summed E-state index contributed by atoms with van der Waals surface area (Å²) in [4.78, 5) is 17.5. The lowest BCUT2D eigenvalue weighted by Gasteiger charge is -2.28. The van der Waals surface area contributed by atoms with E-state index in [1.54, 1.807) is 11.3 Å². The van der Waals surface area contributed by atoms with Crippen LogP contribution in [0.5, 0.6) is 0 Å². The fourth-order valence-electron chi connectivity index (χ4n) is 3.66. The molecule has 1 aromatic heterocycles. The molecule has 0 spiro atoms. The predicted octanol–water partition coefficient (Wildman–Crippen LogP) is 4.93. The number of carbonyl (C=O) groups is 1. The number of carbonyl (C=O) groups excluding carboxylic acids is 1. The highest BCUT2D eigenvalue weighted by Gasteiger charge is 2.33. The van der Waals surface area contributed by atoms with Gasteiger partial charge in [-0.15, -0.1) is 0 Å². The number of para-hydroxylation sites is 1. The number of hydrogen-bond acceptors (Lipinski definition) is 3. The summed E-state index contributed by atoms with van der Waals surface area (Å²) in [5, 5.41) is 7.41. The zero-order valence-electron chi connectivity index (χ0n) is 15.2. The third-order valence-electron chi connectivity index (χ3n) is 5.28. The molecule has 1 aliphatic carbocycles. The van der Waals surface area contributed by atoms with Crippen LogP contribution in [0.15, 0.2) is 41.1 Å². The lowest BCUT2D eigenvalue weighted by molar-refractivity contribution is 0.206. The van der Waals surface area contributed by atoms with Gasteiger partial charge in [0.2, 0.25) is 0 Å². The SMILES string of the molecule is O=C(Nc1ccccc1CN1CCCCC1)N(Cc1ccsc1)C1CC1. The molecule has 1 saturated heterocycles. The van der Waals surface area contributed by atoms with Crippen LogP contribution in [0.1, 0.15) is 43.2 Å². The quantitative estimate of drug-likeness (QED) is 0.783. The van der Waals surface area contributed by atoms with Crippen molar-refractivity contribution in [3.8, 4) is 0 Å². The molecular weight excluding hydrogens is 342 g/mol. The van der Waals surface area contributed by atoms with Crippen molar-refractivity contribution in [3.63, 3.8) is 0 Å². The summed E-state index contributed by atoms with van der Waals surface area (Å²) in [6.07, 6.45) is 6.14. The normalized spacial score (nSPS) is 17.8. The highest BCUT2D eigenvalue weighted by atomic mass is 32.1. The lowest BCUT2D eigenvalue weighted by atomic mass is 10.1. The van der Waals surface area contributed by atoms with Crippen LogP contribution in [0.3, 0.4) is 0 Å². The maximum absolute atomic E-state index is 13.0. The smallest absolute Gasteiger partial charge is 0.317 e. The molecule has 1 N–H and O–H groups in total. The van der Waals surface area contributed by atoms with Crippen LogP contribution in [0.2, 0.25) is 0 Å². The zero-order chi connectivity index (χ0) is 17.8. The Kier molecular flexibility index (Phi) is 5.56. The Labute approximate surface area is 159 Å². The summed E-state index contributed by atoms with van der Waals surface area (Å²) >= 11 is 1.69. The van der Waals surface area contributed by atoms with Crippen molar-refractivity contribution in [2.45, 2.75) is 51.2 Å². The first-order valence-corrected chi connectivity index (χ1v) is 10.6. The average molecular weight is 370 g/mol. The highest BCUT2D eigenvalue weighted by molar-refractivity contribution is 7.07. The van der Waals surface area contributed by atoms with E-state index in [1.165, 1.54) is 30.4 Å². The van der Waals surface area contributed by atoms with Crippen molar-refractivity contribution in [2.24, 2.45) is 0 Å². The zero-order valence-corrected chi connectivity index (χ0v) is 16.0. The van der Waals surface area contributed by atoms with Crippen LogP contribution >= 0.6 is 11.3 Å². The first kappa shape index (κ1) is 17.6. The number of thiophene rings is 1. The number of anilines is 1. The Morgan fingerprint density at radius 2 is 1.96 bits per heavy atom. The molecule has 2 aromatic rings.